The largest absolute Gasteiger partial charge is 0.507 e. The summed E-state index contributed by atoms with van der Waals surface area (Å²) < 4.78 is 7.43. The van der Waals surface area contributed by atoms with Crippen molar-refractivity contribution in [2.24, 2.45) is 15.2 Å². The van der Waals surface area contributed by atoms with Crippen LogP contribution in [-0.2, 0) is 9.53 Å². The number of ether oxygens (including phenoxy) is 1. The Morgan fingerprint density at radius 2 is 1.77 bits per heavy atom. The van der Waals surface area contributed by atoms with Gasteiger partial charge in [-0.15, -0.1) is 0 Å². The predicted molar refractivity (Wildman–Crippen MR) is 169 cm³/mol. The third-order valence-electron chi connectivity index (χ3n) is 7.15. The summed E-state index contributed by atoms with van der Waals surface area (Å²) in [5.74, 6) is -0.136. The molecule has 1 aromatic heterocycles. The topological polar surface area (TPSA) is 106 Å². The van der Waals surface area contributed by atoms with Gasteiger partial charge >= 0.3 is 5.97 Å². The van der Waals surface area contributed by atoms with Crippen molar-refractivity contribution in [2.45, 2.75) is 52.5 Å². The molecule has 0 saturated heterocycles. The van der Waals surface area contributed by atoms with Crippen LogP contribution in [0.4, 0.5) is 11.4 Å². The lowest BCUT2D eigenvalue weighted by atomic mass is 9.92. The van der Waals surface area contributed by atoms with E-state index in [1.807, 2.05) is 61.5 Å². The van der Waals surface area contributed by atoms with Crippen molar-refractivity contribution in [3.63, 3.8) is 0 Å². The molecule has 2 heterocycles. The van der Waals surface area contributed by atoms with Gasteiger partial charge in [0.05, 0.1) is 39.8 Å². The fourth-order valence-corrected chi connectivity index (χ4v) is 5.98. The Morgan fingerprint density at radius 1 is 1.05 bits per heavy atom. The van der Waals surface area contributed by atoms with Crippen LogP contribution in [0.3, 0.4) is 0 Å². The number of aromatic nitrogens is 1. The molecule has 0 amide bonds. The molecule has 0 saturated carbocycles. The molecule has 1 atom stereocenters. The maximum atomic E-state index is 14.1. The first-order valence-electron chi connectivity index (χ1n) is 14.4. The van der Waals surface area contributed by atoms with Crippen LogP contribution in [0.1, 0.15) is 69.2 Å². The quantitative estimate of drug-likeness (QED) is 0.169. The summed E-state index contributed by atoms with van der Waals surface area (Å²) in [5, 5.41) is 19.2. The first-order valence-corrected chi connectivity index (χ1v) is 15.2. The van der Waals surface area contributed by atoms with Crippen molar-refractivity contribution in [2.75, 3.05) is 6.61 Å². The molecule has 0 spiro atoms. The molecule has 9 heteroatoms. The van der Waals surface area contributed by atoms with E-state index in [1.54, 1.807) is 29.7 Å². The summed E-state index contributed by atoms with van der Waals surface area (Å²) in [7, 11) is 0. The molecule has 1 aliphatic rings. The lowest BCUT2D eigenvalue weighted by molar-refractivity contribution is -0.139. The van der Waals surface area contributed by atoms with E-state index in [2.05, 4.69) is 24.1 Å². The zero-order chi connectivity index (χ0) is 30.5. The summed E-state index contributed by atoms with van der Waals surface area (Å²) in [6.45, 7) is 8.24. The molecule has 0 aliphatic carbocycles. The second-order valence-electron chi connectivity index (χ2n) is 10.5. The summed E-state index contributed by atoms with van der Waals surface area (Å²) in [6.07, 6.45) is 2.97. The molecule has 5 rings (SSSR count). The SMILES string of the molecule is CCCC1=C(C(=O)OCC)[C@@H](c2ccc(C(C)C)cc2)n2c(s/c(=C\c3cc(N=Nc4ccccc4)ccc3O)c2=O)=N1. The number of hydrogen-bond donors (Lipinski definition) is 1. The van der Waals surface area contributed by atoms with Crippen LogP contribution in [0.25, 0.3) is 6.08 Å². The van der Waals surface area contributed by atoms with E-state index < -0.39 is 12.0 Å². The number of thiazole rings is 1. The molecule has 43 heavy (non-hydrogen) atoms. The summed E-state index contributed by atoms with van der Waals surface area (Å²) >= 11 is 1.22. The first kappa shape index (κ1) is 29.8. The van der Waals surface area contributed by atoms with Crippen LogP contribution in [-0.4, -0.2) is 22.2 Å². The predicted octanol–water partition coefficient (Wildman–Crippen LogP) is 6.82. The number of phenols is 1. The van der Waals surface area contributed by atoms with Gasteiger partial charge in [0.25, 0.3) is 5.56 Å². The van der Waals surface area contributed by atoms with Crippen LogP contribution < -0.4 is 14.9 Å². The van der Waals surface area contributed by atoms with Gasteiger partial charge in [0.1, 0.15) is 5.75 Å². The van der Waals surface area contributed by atoms with Gasteiger partial charge in [0, 0.05) is 5.56 Å². The average Bonchev–Trinajstić information content (AvgIpc) is 3.31. The minimum absolute atomic E-state index is 0.00389. The van der Waals surface area contributed by atoms with E-state index in [1.165, 1.54) is 17.4 Å². The van der Waals surface area contributed by atoms with Gasteiger partial charge < -0.3 is 9.84 Å². The van der Waals surface area contributed by atoms with Crippen LogP contribution in [0.2, 0.25) is 0 Å². The molecule has 1 aliphatic heterocycles. The fourth-order valence-electron chi connectivity index (χ4n) is 4.97. The molecule has 3 aromatic carbocycles. The van der Waals surface area contributed by atoms with E-state index in [4.69, 9.17) is 9.73 Å². The third kappa shape index (κ3) is 6.41. The van der Waals surface area contributed by atoms with Crippen molar-refractivity contribution in [3.05, 3.63) is 120 Å². The third-order valence-corrected chi connectivity index (χ3v) is 8.13. The molecule has 0 radical (unpaired) electrons. The maximum absolute atomic E-state index is 14.1. The second kappa shape index (κ2) is 13.1. The highest BCUT2D eigenvalue weighted by Gasteiger charge is 2.34. The number of nitrogens with zero attached hydrogens (tertiary/aromatic N) is 4. The number of allylic oxidation sites excluding steroid dienone is 1. The number of esters is 1. The number of carbonyl (C=O) groups excluding carboxylic acids is 1. The average molecular weight is 595 g/mol. The molecule has 4 aromatic rings. The number of hydrogen-bond acceptors (Lipinski definition) is 8. The summed E-state index contributed by atoms with van der Waals surface area (Å²) in [5.41, 5.74) is 4.30. The highest BCUT2D eigenvalue weighted by atomic mass is 32.1. The van der Waals surface area contributed by atoms with Gasteiger partial charge in [-0.05, 0) is 66.8 Å². The molecule has 220 valence electrons. The number of phenolic OH excluding ortho intramolecular Hbond substituents is 1. The van der Waals surface area contributed by atoms with Crippen LogP contribution in [0, 0.1) is 0 Å². The number of aromatic hydroxyl groups is 1. The molecular formula is C34H34N4O4S. The van der Waals surface area contributed by atoms with E-state index in [-0.39, 0.29) is 17.9 Å². The van der Waals surface area contributed by atoms with Crippen molar-refractivity contribution >= 4 is 34.8 Å². The van der Waals surface area contributed by atoms with Gasteiger partial charge in [-0.3, -0.25) is 9.36 Å². The minimum Gasteiger partial charge on any atom is -0.507 e. The number of carbonyl (C=O) groups is 1. The van der Waals surface area contributed by atoms with Gasteiger partial charge in [-0.25, -0.2) is 9.79 Å². The van der Waals surface area contributed by atoms with E-state index >= 15 is 0 Å². The number of rotatable bonds is 9. The second-order valence-corrected chi connectivity index (χ2v) is 11.5. The highest BCUT2D eigenvalue weighted by molar-refractivity contribution is 7.07. The lowest BCUT2D eigenvalue weighted by Crippen LogP contribution is -2.40. The zero-order valence-electron chi connectivity index (χ0n) is 24.7. The van der Waals surface area contributed by atoms with Crippen molar-refractivity contribution in [1.82, 2.24) is 4.57 Å². The Labute approximate surface area is 254 Å². The Hall–Kier alpha value is -4.63. The molecule has 8 nitrogen and oxygen atoms in total. The number of benzene rings is 3. The van der Waals surface area contributed by atoms with Crippen molar-refractivity contribution in [3.8, 4) is 5.75 Å². The monoisotopic (exact) mass is 594 g/mol. The Morgan fingerprint density at radius 3 is 2.44 bits per heavy atom. The Bertz CT molecular complexity index is 1870. The van der Waals surface area contributed by atoms with Gasteiger partial charge in [-0.2, -0.15) is 10.2 Å². The first-order chi connectivity index (χ1) is 20.8. The standard InChI is InChI=1S/C34H34N4O4S/c1-5-10-27-30(33(41)42-6-2)31(23-15-13-22(14-16-23)21(3)4)38-32(40)29(43-34(38)35-27)20-24-19-26(17-18-28(24)39)37-36-25-11-8-7-9-12-25/h7-9,11-21,31,39H,5-6,10H2,1-4H3/b29-20-,37-36?/t31-/m1/s1. The smallest absolute Gasteiger partial charge is 0.338 e. The Kier molecular flexibility index (Phi) is 9.11. The summed E-state index contributed by atoms with van der Waals surface area (Å²) in [4.78, 5) is 32.8. The van der Waals surface area contributed by atoms with Gasteiger partial charge in [-0.1, -0.05) is 81.0 Å². The number of azo groups is 1. The van der Waals surface area contributed by atoms with E-state index in [0.29, 0.717) is 49.9 Å². The number of fused-ring (bicyclic) bond motifs is 1. The zero-order valence-corrected chi connectivity index (χ0v) is 25.5. The molecule has 0 fully saturated rings. The molecular weight excluding hydrogens is 560 g/mol. The lowest BCUT2D eigenvalue weighted by Gasteiger charge is -2.26. The van der Waals surface area contributed by atoms with Crippen molar-refractivity contribution in [1.29, 1.82) is 0 Å². The van der Waals surface area contributed by atoms with Crippen LogP contribution >= 0.6 is 11.3 Å². The van der Waals surface area contributed by atoms with Crippen LogP contribution in [0.15, 0.2) is 104 Å². The van der Waals surface area contributed by atoms with Gasteiger partial charge in [0.15, 0.2) is 4.80 Å². The molecule has 1 N–H and O–H groups in total. The maximum Gasteiger partial charge on any atom is 0.338 e. The highest BCUT2D eigenvalue weighted by Crippen LogP contribution is 2.33. The summed E-state index contributed by atoms with van der Waals surface area (Å²) in [6, 6.07) is 21.5. The molecule has 0 unspecified atom stereocenters. The van der Waals surface area contributed by atoms with Crippen molar-refractivity contribution < 1.29 is 14.6 Å². The van der Waals surface area contributed by atoms with Gasteiger partial charge in [0.2, 0.25) is 0 Å². The van der Waals surface area contributed by atoms with Crippen LogP contribution in [0.5, 0.6) is 5.75 Å². The fraction of sp³-hybridized carbons (Fsp3) is 0.265. The Balaban J connectivity index is 1.66. The van der Waals surface area contributed by atoms with E-state index in [0.717, 1.165) is 17.5 Å². The van der Waals surface area contributed by atoms with E-state index in [9.17, 15) is 14.7 Å². The molecule has 0 bridgehead atoms. The normalized spacial score (nSPS) is 15.2. The minimum atomic E-state index is -0.695.